The lowest BCUT2D eigenvalue weighted by molar-refractivity contribution is 0.0291. The molecule has 0 aromatic heterocycles. The Morgan fingerprint density at radius 1 is 1.57 bits per heavy atom. The molecule has 1 saturated carbocycles. The standard InChI is InChI=1S/C9H16N2O3/c12-8(11-7-1-2-7)10-5-9(13)3-4-14-6-9/h7,13H,1-6H2,(H2,10,11,12). The minimum absolute atomic E-state index is 0.187. The van der Waals surface area contributed by atoms with Gasteiger partial charge in [0, 0.05) is 19.1 Å². The van der Waals surface area contributed by atoms with E-state index in [4.69, 9.17) is 4.74 Å². The Morgan fingerprint density at radius 2 is 2.36 bits per heavy atom. The summed E-state index contributed by atoms with van der Waals surface area (Å²) in [7, 11) is 0. The summed E-state index contributed by atoms with van der Waals surface area (Å²) < 4.78 is 5.06. The molecule has 0 aromatic carbocycles. The zero-order valence-corrected chi connectivity index (χ0v) is 8.08. The van der Waals surface area contributed by atoms with Gasteiger partial charge in [0.05, 0.1) is 13.2 Å². The number of carbonyl (C=O) groups excluding carboxylic acids is 1. The number of amides is 2. The normalized spacial score (nSPS) is 31.5. The molecule has 2 amide bonds. The smallest absolute Gasteiger partial charge is 0.315 e. The number of nitrogens with one attached hydrogen (secondary N) is 2. The van der Waals surface area contributed by atoms with Crippen molar-refractivity contribution in [2.24, 2.45) is 0 Å². The van der Waals surface area contributed by atoms with Gasteiger partial charge in [-0.15, -0.1) is 0 Å². The number of carbonyl (C=O) groups is 1. The molecule has 80 valence electrons. The van der Waals surface area contributed by atoms with Crippen molar-refractivity contribution in [3.63, 3.8) is 0 Å². The monoisotopic (exact) mass is 200 g/mol. The minimum Gasteiger partial charge on any atom is -0.386 e. The fourth-order valence-electron chi connectivity index (χ4n) is 1.44. The average molecular weight is 200 g/mol. The van der Waals surface area contributed by atoms with Gasteiger partial charge in [-0.2, -0.15) is 0 Å². The molecule has 0 spiro atoms. The Morgan fingerprint density at radius 3 is 2.93 bits per heavy atom. The van der Waals surface area contributed by atoms with Crippen LogP contribution in [-0.4, -0.2) is 42.5 Å². The van der Waals surface area contributed by atoms with Crippen LogP contribution >= 0.6 is 0 Å². The summed E-state index contributed by atoms with van der Waals surface area (Å²) in [5, 5.41) is 15.3. The Labute approximate surface area is 82.8 Å². The van der Waals surface area contributed by atoms with Crippen molar-refractivity contribution in [3.05, 3.63) is 0 Å². The minimum atomic E-state index is -0.860. The quantitative estimate of drug-likeness (QED) is 0.580. The summed E-state index contributed by atoms with van der Waals surface area (Å²) in [5.74, 6) is 0. The molecule has 1 saturated heterocycles. The van der Waals surface area contributed by atoms with Crippen molar-refractivity contribution >= 4 is 6.03 Å². The van der Waals surface area contributed by atoms with Gasteiger partial charge in [0.15, 0.2) is 0 Å². The molecule has 0 radical (unpaired) electrons. The van der Waals surface area contributed by atoms with E-state index in [9.17, 15) is 9.90 Å². The van der Waals surface area contributed by atoms with Crippen molar-refractivity contribution in [3.8, 4) is 0 Å². The van der Waals surface area contributed by atoms with Crippen molar-refractivity contribution in [1.29, 1.82) is 0 Å². The molecule has 1 unspecified atom stereocenters. The fraction of sp³-hybridized carbons (Fsp3) is 0.889. The summed E-state index contributed by atoms with van der Waals surface area (Å²) in [6.07, 6.45) is 2.73. The summed E-state index contributed by atoms with van der Waals surface area (Å²) in [4.78, 5) is 11.2. The van der Waals surface area contributed by atoms with Crippen LogP contribution in [0.2, 0.25) is 0 Å². The maximum absolute atomic E-state index is 11.2. The Hall–Kier alpha value is -0.810. The molecular formula is C9H16N2O3. The summed E-state index contributed by atoms with van der Waals surface area (Å²) in [6, 6.07) is 0.164. The Kier molecular flexibility index (Phi) is 2.60. The summed E-state index contributed by atoms with van der Waals surface area (Å²) >= 11 is 0. The van der Waals surface area contributed by atoms with Crippen molar-refractivity contribution in [2.45, 2.75) is 30.9 Å². The highest BCUT2D eigenvalue weighted by Gasteiger charge is 2.33. The van der Waals surface area contributed by atoms with Crippen LogP contribution < -0.4 is 10.6 Å². The molecule has 0 bridgehead atoms. The summed E-state index contributed by atoms with van der Waals surface area (Å²) in [6.45, 7) is 1.16. The second-order valence-corrected chi connectivity index (χ2v) is 4.13. The molecule has 5 heteroatoms. The predicted octanol–water partition coefficient (Wildman–Crippen LogP) is -0.401. The molecule has 1 heterocycles. The number of hydrogen-bond acceptors (Lipinski definition) is 3. The first-order chi connectivity index (χ1) is 6.68. The first kappa shape index (κ1) is 9.73. The molecule has 2 fully saturated rings. The average Bonchev–Trinajstić information content (AvgIpc) is 2.85. The molecule has 2 rings (SSSR count). The van der Waals surface area contributed by atoms with E-state index in [0.29, 0.717) is 25.7 Å². The fourth-order valence-corrected chi connectivity index (χ4v) is 1.44. The van der Waals surface area contributed by atoms with E-state index in [1.54, 1.807) is 0 Å². The third kappa shape index (κ3) is 2.59. The van der Waals surface area contributed by atoms with E-state index < -0.39 is 5.60 Å². The molecular weight excluding hydrogens is 184 g/mol. The van der Waals surface area contributed by atoms with Gasteiger partial charge in [0.2, 0.25) is 0 Å². The van der Waals surface area contributed by atoms with Crippen LogP contribution in [0.15, 0.2) is 0 Å². The van der Waals surface area contributed by atoms with Gasteiger partial charge in [0.25, 0.3) is 0 Å². The lowest BCUT2D eigenvalue weighted by atomic mass is 10.0. The van der Waals surface area contributed by atoms with E-state index >= 15 is 0 Å². The van der Waals surface area contributed by atoms with Gasteiger partial charge < -0.3 is 20.5 Å². The van der Waals surface area contributed by atoms with E-state index in [1.165, 1.54) is 0 Å². The lowest BCUT2D eigenvalue weighted by Crippen LogP contribution is -2.47. The first-order valence-corrected chi connectivity index (χ1v) is 5.02. The molecule has 1 aliphatic heterocycles. The van der Waals surface area contributed by atoms with Crippen LogP contribution in [0.4, 0.5) is 4.79 Å². The van der Waals surface area contributed by atoms with Crippen LogP contribution in [-0.2, 0) is 4.74 Å². The second kappa shape index (κ2) is 3.74. The largest absolute Gasteiger partial charge is 0.386 e. The van der Waals surface area contributed by atoms with Gasteiger partial charge in [-0.3, -0.25) is 0 Å². The van der Waals surface area contributed by atoms with Crippen molar-refractivity contribution < 1.29 is 14.6 Å². The maximum Gasteiger partial charge on any atom is 0.315 e. The van der Waals surface area contributed by atoms with Crippen molar-refractivity contribution in [1.82, 2.24) is 10.6 Å². The molecule has 1 atom stereocenters. The first-order valence-electron chi connectivity index (χ1n) is 5.02. The van der Waals surface area contributed by atoms with E-state index in [1.807, 2.05) is 0 Å². The van der Waals surface area contributed by atoms with Gasteiger partial charge in [-0.05, 0) is 12.8 Å². The van der Waals surface area contributed by atoms with Crippen LogP contribution in [0.1, 0.15) is 19.3 Å². The molecule has 3 N–H and O–H groups in total. The molecule has 0 aromatic rings. The van der Waals surface area contributed by atoms with Crippen LogP contribution in [0, 0.1) is 0 Å². The zero-order valence-electron chi connectivity index (χ0n) is 8.08. The summed E-state index contributed by atoms with van der Waals surface area (Å²) in [5.41, 5.74) is -0.860. The number of ether oxygens (including phenoxy) is 1. The van der Waals surface area contributed by atoms with Gasteiger partial charge in [0.1, 0.15) is 5.60 Å². The van der Waals surface area contributed by atoms with Gasteiger partial charge in [-0.1, -0.05) is 0 Å². The lowest BCUT2D eigenvalue weighted by Gasteiger charge is -2.20. The van der Waals surface area contributed by atoms with Crippen molar-refractivity contribution in [2.75, 3.05) is 19.8 Å². The number of aliphatic hydroxyl groups is 1. The van der Waals surface area contributed by atoms with E-state index in [2.05, 4.69) is 10.6 Å². The Balaban J connectivity index is 1.67. The highest BCUT2D eigenvalue weighted by atomic mass is 16.5. The zero-order chi connectivity index (χ0) is 10.0. The highest BCUT2D eigenvalue weighted by molar-refractivity contribution is 5.74. The second-order valence-electron chi connectivity index (χ2n) is 4.13. The topological polar surface area (TPSA) is 70.6 Å². The van der Waals surface area contributed by atoms with E-state index in [-0.39, 0.29) is 12.6 Å². The number of rotatable bonds is 3. The SMILES string of the molecule is O=C(NCC1(O)CCOC1)NC1CC1. The molecule has 5 nitrogen and oxygen atoms in total. The molecule has 14 heavy (non-hydrogen) atoms. The maximum atomic E-state index is 11.2. The van der Waals surface area contributed by atoms with Crippen LogP contribution in [0.25, 0.3) is 0 Å². The van der Waals surface area contributed by atoms with Crippen LogP contribution in [0.5, 0.6) is 0 Å². The Bertz CT molecular complexity index is 222. The molecule has 1 aliphatic carbocycles. The van der Waals surface area contributed by atoms with E-state index in [0.717, 1.165) is 12.8 Å². The number of urea groups is 1. The molecule has 2 aliphatic rings. The predicted molar refractivity (Wildman–Crippen MR) is 49.9 cm³/mol. The number of hydrogen-bond donors (Lipinski definition) is 3. The van der Waals surface area contributed by atoms with Gasteiger partial charge in [-0.25, -0.2) is 4.79 Å². The third-order valence-electron chi connectivity index (χ3n) is 2.57. The van der Waals surface area contributed by atoms with Gasteiger partial charge >= 0.3 is 6.03 Å². The third-order valence-corrected chi connectivity index (χ3v) is 2.57. The van der Waals surface area contributed by atoms with Crippen LogP contribution in [0.3, 0.4) is 0 Å². The highest BCUT2D eigenvalue weighted by Crippen LogP contribution is 2.19.